The summed E-state index contributed by atoms with van der Waals surface area (Å²) in [6, 6.07) is 4.36. The molecule has 0 saturated heterocycles. The fourth-order valence-corrected chi connectivity index (χ4v) is 3.93. The Kier molecular flexibility index (Phi) is 6.26. The van der Waals surface area contributed by atoms with Gasteiger partial charge in [0, 0.05) is 13.7 Å². The molecule has 0 bridgehead atoms. The molecule has 112 valence electrons. The van der Waals surface area contributed by atoms with E-state index >= 15 is 0 Å². The largest absolute Gasteiger partial charge is 0.383 e. The molecule has 8 heteroatoms. The van der Waals surface area contributed by atoms with Gasteiger partial charge in [0.15, 0.2) is 9.84 Å². The van der Waals surface area contributed by atoms with Crippen molar-refractivity contribution in [1.82, 2.24) is 5.32 Å². The molecule has 1 amide bonds. The summed E-state index contributed by atoms with van der Waals surface area (Å²) in [6.45, 7) is 1.81. The fraction of sp³-hybridized carbons (Fsp3) is 0.417. The highest BCUT2D eigenvalue weighted by Crippen LogP contribution is 2.31. The molecule has 0 radical (unpaired) electrons. The van der Waals surface area contributed by atoms with Crippen molar-refractivity contribution in [2.45, 2.75) is 17.1 Å². The zero-order chi connectivity index (χ0) is 15.3. The van der Waals surface area contributed by atoms with Crippen LogP contribution in [0.5, 0.6) is 0 Å². The Hall–Kier alpha value is -0.820. The van der Waals surface area contributed by atoms with E-state index in [0.717, 1.165) is 0 Å². The monoisotopic (exact) mass is 339 g/mol. The molecular weight excluding hydrogens is 325 g/mol. The van der Waals surface area contributed by atoms with E-state index < -0.39 is 21.0 Å². The minimum Gasteiger partial charge on any atom is -0.383 e. The number of benzene rings is 1. The number of nitrogens with one attached hydrogen (secondary N) is 1. The van der Waals surface area contributed by atoms with E-state index in [9.17, 15) is 13.2 Å². The Bertz CT molecular complexity index is 569. The van der Waals surface area contributed by atoms with E-state index in [1.165, 1.54) is 32.2 Å². The van der Waals surface area contributed by atoms with Gasteiger partial charge in [-0.3, -0.25) is 4.79 Å². The molecule has 1 aromatic carbocycles. The predicted octanol–water partition coefficient (Wildman–Crippen LogP) is 1.92. The third kappa shape index (κ3) is 3.85. The van der Waals surface area contributed by atoms with Crippen LogP contribution in [0, 0.1) is 0 Å². The van der Waals surface area contributed by atoms with Crippen molar-refractivity contribution in [2.24, 2.45) is 0 Å². The summed E-state index contributed by atoms with van der Waals surface area (Å²) in [4.78, 5) is 11.6. The standard InChI is InChI=1S/C12H15Cl2NO4S/c1-8(12(16)15-6-7-19-2)20(17,18)11-9(13)4-3-5-10(11)14/h3-5,8H,6-7H2,1-2H3,(H,15,16)/t8-/m0/s1. The number of sulfone groups is 1. The molecule has 0 aromatic heterocycles. The van der Waals surface area contributed by atoms with Crippen molar-refractivity contribution in [1.29, 1.82) is 0 Å². The van der Waals surface area contributed by atoms with Crippen molar-refractivity contribution in [2.75, 3.05) is 20.3 Å². The maximum Gasteiger partial charge on any atom is 0.238 e. The quantitative estimate of drug-likeness (QED) is 0.803. The number of hydrogen-bond acceptors (Lipinski definition) is 4. The minimum absolute atomic E-state index is 0.00552. The first kappa shape index (κ1) is 17.2. The van der Waals surface area contributed by atoms with Crippen molar-refractivity contribution in [3.63, 3.8) is 0 Å². The van der Waals surface area contributed by atoms with Crippen LogP contribution in [0.25, 0.3) is 0 Å². The first-order chi connectivity index (χ1) is 9.32. The van der Waals surface area contributed by atoms with Crippen LogP contribution in [0.15, 0.2) is 23.1 Å². The lowest BCUT2D eigenvalue weighted by molar-refractivity contribution is -0.120. The van der Waals surface area contributed by atoms with Crippen LogP contribution in [0.2, 0.25) is 10.0 Å². The smallest absolute Gasteiger partial charge is 0.238 e. The summed E-state index contributed by atoms with van der Waals surface area (Å²) in [6.07, 6.45) is 0. The fourth-order valence-electron chi connectivity index (χ4n) is 1.49. The molecule has 0 aliphatic carbocycles. The minimum atomic E-state index is -3.95. The number of methoxy groups -OCH3 is 1. The molecule has 0 spiro atoms. The SMILES string of the molecule is COCCNC(=O)[C@H](C)S(=O)(=O)c1c(Cl)cccc1Cl. The van der Waals surface area contributed by atoms with Crippen LogP contribution in [-0.2, 0) is 19.4 Å². The van der Waals surface area contributed by atoms with Crippen LogP contribution in [-0.4, -0.2) is 39.8 Å². The Labute approximate surface area is 128 Å². The number of rotatable bonds is 6. The van der Waals surface area contributed by atoms with Gasteiger partial charge >= 0.3 is 0 Å². The van der Waals surface area contributed by atoms with Crippen LogP contribution in [0.4, 0.5) is 0 Å². The van der Waals surface area contributed by atoms with Gasteiger partial charge in [-0.25, -0.2) is 8.42 Å². The van der Waals surface area contributed by atoms with Crippen LogP contribution in [0.1, 0.15) is 6.92 Å². The highest BCUT2D eigenvalue weighted by molar-refractivity contribution is 7.93. The zero-order valence-electron chi connectivity index (χ0n) is 11.0. The second kappa shape index (κ2) is 7.26. The van der Waals surface area contributed by atoms with Gasteiger partial charge in [-0.1, -0.05) is 29.3 Å². The molecule has 1 N–H and O–H groups in total. The Morgan fingerprint density at radius 3 is 2.40 bits per heavy atom. The van der Waals surface area contributed by atoms with E-state index in [1.807, 2.05) is 0 Å². The van der Waals surface area contributed by atoms with E-state index in [1.54, 1.807) is 0 Å². The van der Waals surface area contributed by atoms with Crippen LogP contribution in [0.3, 0.4) is 0 Å². The average molecular weight is 340 g/mol. The van der Waals surface area contributed by atoms with Crippen molar-refractivity contribution < 1.29 is 17.9 Å². The Morgan fingerprint density at radius 2 is 1.90 bits per heavy atom. The maximum atomic E-state index is 12.4. The number of halogens is 2. The molecule has 0 aliphatic rings. The van der Waals surface area contributed by atoms with Gasteiger partial charge in [0.2, 0.25) is 5.91 Å². The van der Waals surface area contributed by atoms with Crippen LogP contribution >= 0.6 is 23.2 Å². The average Bonchev–Trinajstić information content (AvgIpc) is 2.37. The maximum absolute atomic E-state index is 12.4. The summed E-state index contributed by atoms with van der Waals surface area (Å²) >= 11 is 11.7. The molecule has 5 nitrogen and oxygen atoms in total. The normalized spacial score (nSPS) is 13.0. The van der Waals surface area contributed by atoms with Gasteiger partial charge in [0.05, 0.1) is 16.7 Å². The summed E-state index contributed by atoms with van der Waals surface area (Å²) in [5, 5.41) is 1.16. The third-order valence-electron chi connectivity index (χ3n) is 2.64. The van der Waals surface area contributed by atoms with Gasteiger partial charge < -0.3 is 10.1 Å². The molecular formula is C12H15Cl2NO4S. The lowest BCUT2D eigenvalue weighted by Crippen LogP contribution is -2.39. The summed E-state index contributed by atoms with van der Waals surface area (Å²) in [5.74, 6) is -0.627. The lowest BCUT2D eigenvalue weighted by atomic mass is 10.4. The number of carbonyl (C=O) groups is 1. The molecule has 0 fully saturated rings. The summed E-state index contributed by atoms with van der Waals surface area (Å²) in [7, 11) is -2.47. The third-order valence-corrected chi connectivity index (χ3v) is 5.65. The topological polar surface area (TPSA) is 72.5 Å². The zero-order valence-corrected chi connectivity index (χ0v) is 13.3. The molecule has 0 aliphatic heterocycles. The van der Waals surface area contributed by atoms with E-state index in [2.05, 4.69) is 5.32 Å². The predicted molar refractivity (Wildman–Crippen MR) is 78.0 cm³/mol. The number of carbonyl (C=O) groups excluding carboxylic acids is 1. The van der Waals surface area contributed by atoms with E-state index in [0.29, 0.717) is 6.61 Å². The second-order valence-electron chi connectivity index (χ2n) is 4.02. The van der Waals surface area contributed by atoms with Crippen molar-refractivity contribution in [3.05, 3.63) is 28.2 Å². The molecule has 20 heavy (non-hydrogen) atoms. The first-order valence-corrected chi connectivity index (χ1v) is 8.07. The van der Waals surface area contributed by atoms with Crippen molar-refractivity contribution in [3.8, 4) is 0 Å². The van der Waals surface area contributed by atoms with Gasteiger partial charge in [-0.05, 0) is 19.1 Å². The molecule has 0 unspecified atom stereocenters. The number of ether oxygens (including phenoxy) is 1. The van der Waals surface area contributed by atoms with E-state index in [4.69, 9.17) is 27.9 Å². The molecule has 1 aromatic rings. The second-order valence-corrected chi connectivity index (χ2v) is 7.04. The van der Waals surface area contributed by atoms with E-state index in [-0.39, 0.29) is 21.5 Å². The Morgan fingerprint density at radius 1 is 1.35 bits per heavy atom. The molecule has 0 heterocycles. The van der Waals surface area contributed by atoms with Gasteiger partial charge in [0.25, 0.3) is 0 Å². The number of amides is 1. The first-order valence-electron chi connectivity index (χ1n) is 5.77. The highest BCUT2D eigenvalue weighted by atomic mass is 35.5. The van der Waals surface area contributed by atoms with Crippen molar-refractivity contribution >= 4 is 38.9 Å². The summed E-state index contributed by atoms with van der Waals surface area (Å²) < 4.78 is 29.5. The molecule has 1 atom stereocenters. The lowest BCUT2D eigenvalue weighted by Gasteiger charge is -2.15. The molecule has 0 saturated carbocycles. The number of hydrogen-bond donors (Lipinski definition) is 1. The molecule has 1 rings (SSSR count). The Balaban J connectivity index is 3.01. The highest BCUT2D eigenvalue weighted by Gasteiger charge is 2.33. The van der Waals surface area contributed by atoms with Gasteiger partial charge in [-0.2, -0.15) is 0 Å². The summed E-state index contributed by atoms with van der Waals surface area (Å²) in [5.41, 5.74) is 0. The van der Waals surface area contributed by atoms with Gasteiger partial charge in [-0.15, -0.1) is 0 Å². The van der Waals surface area contributed by atoms with Gasteiger partial charge in [0.1, 0.15) is 10.1 Å². The van der Waals surface area contributed by atoms with Crippen LogP contribution < -0.4 is 5.32 Å².